The van der Waals surface area contributed by atoms with Gasteiger partial charge in [-0.1, -0.05) is 54.2 Å². The fourth-order valence-corrected chi connectivity index (χ4v) is 6.55. The number of sulfone groups is 1. The summed E-state index contributed by atoms with van der Waals surface area (Å²) in [6.45, 7) is 3.93. The second-order valence-electron chi connectivity index (χ2n) is 8.05. The van der Waals surface area contributed by atoms with Crippen molar-refractivity contribution in [2.75, 3.05) is 11.5 Å². The van der Waals surface area contributed by atoms with E-state index in [0.29, 0.717) is 32.5 Å². The Morgan fingerprint density at radius 1 is 0.912 bits per heavy atom. The van der Waals surface area contributed by atoms with Gasteiger partial charge in [-0.15, -0.1) is 10.2 Å². The van der Waals surface area contributed by atoms with E-state index in [-0.39, 0.29) is 11.3 Å². The minimum Gasteiger partial charge on any atom is -0.268 e. The van der Waals surface area contributed by atoms with Gasteiger partial charge in [0, 0.05) is 5.75 Å². The summed E-state index contributed by atoms with van der Waals surface area (Å²) in [5, 5.41) is 9.77. The fourth-order valence-electron chi connectivity index (χ4n) is 3.94. The molecule has 3 aromatic carbocycles. The number of fused-ring (bicyclic) bond motifs is 3. The maximum absolute atomic E-state index is 13.5. The van der Waals surface area contributed by atoms with E-state index in [9.17, 15) is 13.2 Å². The Bertz CT molecular complexity index is 1690. The monoisotopic (exact) mass is 490 g/mol. The van der Waals surface area contributed by atoms with Crippen molar-refractivity contribution < 1.29 is 8.42 Å². The highest BCUT2D eigenvalue weighted by molar-refractivity contribution is 8.00. The highest BCUT2D eigenvalue weighted by Crippen LogP contribution is 2.25. The highest BCUT2D eigenvalue weighted by atomic mass is 32.2. The predicted octanol–water partition coefficient (Wildman–Crippen LogP) is 4.22. The van der Waals surface area contributed by atoms with Crippen LogP contribution in [0.1, 0.15) is 11.1 Å². The van der Waals surface area contributed by atoms with Crippen molar-refractivity contribution in [1.29, 1.82) is 0 Å². The topological polar surface area (TPSA) is 86.3 Å². The number of benzene rings is 3. The molecule has 0 bridgehead atoms. The molecule has 2 aromatic heterocycles. The van der Waals surface area contributed by atoms with Crippen LogP contribution in [0.5, 0.6) is 0 Å². The van der Waals surface area contributed by atoms with Crippen molar-refractivity contribution in [1.82, 2.24) is 19.2 Å². The van der Waals surface area contributed by atoms with Gasteiger partial charge >= 0.3 is 0 Å². The van der Waals surface area contributed by atoms with Gasteiger partial charge in [0.15, 0.2) is 15.0 Å². The Morgan fingerprint density at radius 2 is 1.65 bits per heavy atom. The molecule has 0 amide bonds. The summed E-state index contributed by atoms with van der Waals surface area (Å²) in [5.41, 5.74) is 3.22. The second-order valence-corrected chi connectivity index (χ2v) is 11.2. The van der Waals surface area contributed by atoms with Crippen LogP contribution in [0.2, 0.25) is 0 Å². The van der Waals surface area contributed by atoms with E-state index in [1.807, 2.05) is 54.6 Å². The molecular formula is C25H22N4O3S2. The molecular weight excluding hydrogens is 468 g/mol. The number of aromatic nitrogens is 4. The molecule has 0 aliphatic rings. The SMILES string of the molecule is Cc1ccc(C)c(-n2c(=O)c3ccccc3n3c(SCCS(=O)(=O)c4ccccc4)nnc23)c1. The summed E-state index contributed by atoms with van der Waals surface area (Å²) < 4.78 is 28.8. The first-order chi connectivity index (χ1) is 16.4. The van der Waals surface area contributed by atoms with Crippen LogP contribution < -0.4 is 5.56 Å². The van der Waals surface area contributed by atoms with Crippen LogP contribution >= 0.6 is 11.8 Å². The largest absolute Gasteiger partial charge is 0.268 e. The first kappa shape index (κ1) is 22.4. The molecule has 9 heteroatoms. The Kier molecular flexibility index (Phi) is 5.75. The van der Waals surface area contributed by atoms with Gasteiger partial charge in [0.1, 0.15) is 0 Å². The zero-order valence-electron chi connectivity index (χ0n) is 18.7. The van der Waals surface area contributed by atoms with Crippen molar-refractivity contribution in [3.8, 4) is 5.69 Å². The quantitative estimate of drug-likeness (QED) is 0.331. The summed E-state index contributed by atoms with van der Waals surface area (Å²) in [4.78, 5) is 13.8. The van der Waals surface area contributed by atoms with E-state index in [4.69, 9.17) is 0 Å². The lowest BCUT2D eigenvalue weighted by atomic mass is 10.1. The number of nitrogens with zero attached hydrogens (tertiary/aromatic N) is 4. The number of thioether (sulfide) groups is 1. The second kappa shape index (κ2) is 8.73. The summed E-state index contributed by atoms with van der Waals surface area (Å²) in [7, 11) is -3.41. The molecule has 0 fully saturated rings. The van der Waals surface area contributed by atoms with Gasteiger partial charge < -0.3 is 0 Å². The van der Waals surface area contributed by atoms with Gasteiger partial charge in [0.2, 0.25) is 5.78 Å². The van der Waals surface area contributed by atoms with E-state index >= 15 is 0 Å². The van der Waals surface area contributed by atoms with Crippen LogP contribution in [0.4, 0.5) is 0 Å². The molecule has 5 rings (SSSR count). The highest BCUT2D eigenvalue weighted by Gasteiger charge is 2.20. The molecule has 0 N–H and O–H groups in total. The van der Waals surface area contributed by atoms with Gasteiger partial charge in [-0.05, 0) is 55.3 Å². The molecule has 0 aliphatic carbocycles. The van der Waals surface area contributed by atoms with Crippen molar-refractivity contribution >= 4 is 38.3 Å². The molecule has 5 aromatic rings. The minimum absolute atomic E-state index is 0.0366. The van der Waals surface area contributed by atoms with Gasteiger partial charge in [-0.25, -0.2) is 13.0 Å². The third-order valence-electron chi connectivity index (χ3n) is 5.69. The summed E-state index contributed by atoms with van der Waals surface area (Å²) in [5.74, 6) is 0.658. The van der Waals surface area contributed by atoms with E-state index in [2.05, 4.69) is 10.2 Å². The third kappa shape index (κ3) is 3.91. The molecule has 0 unspecified atom stereocenters. The molecule has 0 spiro atoms. The Morgan fingerprint density at radius 3 is 2.44 bits per heavy atom. The lowest BCUT2D eigenvalue weighted by Crippen LogP contribution is -2.22. The molecule has 172 valence electrons. The van der Waals surface area contributed by atoms with Crippen molar-refractivity contribution in [2.24, 2.45) is 0 Å². The number of hydrogen-bond donors (Lipinski definition) is 0. The maximum atomic E-state index is 13.5. The maximum Gasteiger partial charge on any atom is 0.267 e. The molecule has 7 nitrogen and oxygen atoms in total. The standard InChI is InChI=1S/C25H22N4O3S2/c1-17-12-13-18(2)22(16-17)28-23(30)20-10-6-7-11-21(20)29-24(28)26-27-25(29)33-14-15-34(31,32)19-8-4-3-5-9-19/h3-13,16H,14-15H2,1-2H3. The number of hydrogen-bond acceptors (Lipinski definition) is 6. The molecule has 2 heterocycles. The predicted molar refractivity (Wildman–Crippen MR) is 135 cm³/mol. The van der Waals surface area contributed by atoms with E-state index in [0.717, 1.165) is 16.8 Å². The summed E-state index contributed by atoms with van der Waals surface area (Å²) in [6, 6.07) is 21.7. The average molecular weight is 491 g/mol. The molecule has 0 atom stereocenters. The van der Waals surface area contributed by atoms with Gasteiger partial charge in [-0.2, -0.15) is 0 Å². The lowest BCUT2D eigenvalue weighted by Gasteiger charge is -2.14. The number of para-hydroxylation sites is 1. The number of rotatable bonds is 6. The van der Waals surface area contributed by atoms with E-state index in [1.165, 1.54) is 11.8 Å². The zero-order chi connectivity index (χ0) is 23.9. The first-order valence-electron chi connectivity index (χ1n) is 10.7. The first-order valence-corrected chi connectivity index (χ1v) is 13.4. The minimum atomic E-state index is -3.41. The van der Waals surface area contributed by atoms with Crippen LogP contribution in [0.3, 0.4) is 0 Å². The van der Waals surface area contributed by atoms with Crippen LogP contribution in [0, 0.1) is 13.8 Å². The Hall–Kier alpha value is -3.43. The van der Waals surface area contributed by atoms with Crippen LogP contribution in [0.25, 0.3) is 22.4 Å². The normalized spacial score (nSPS) is 11.9. The van der Waals surface area contributed by atoms with Crippen molar-refractivity contribution in [3.63, 3.8) is 0 Å². The van der Waals surface area contributed by atoms with Crippen molar-refractivity contribution in [3.05, 3.63) is 94.3 Å². The molecule has 0 radical (unpaired) electrons. The molecule has 0 saturated carbocycles. The lowest BCUT2D eigenvalue weighted by molar-refractivity contribution is 0.597. The van der Waals surface area contributed by atoms with Crippen LogP contribution in [0.15, 0.2) is 87.6 Å². The molecule has 34 heavy (non-hydrogen) atoms. The van der Waals surface area contributed by atoms with Gasteiger partial charge in [0.05, 0.1) is 27.2 Å². The Labute approximate surface area is 201 Å². The van der Waals surface area contributed by atoms with Crippen LogP contribution in [-0.4, -0.2) is 39.1 Å². The van der Waals surface area contributed by atoms with Crippen molar-refractivity contribution in [2.45, 2.75) is 23.9 Å². The zero-order valence-corrected chi connectivity index (χ0v) is 20.3. The van der Waals surface area contributed by atoms with Crippen LogP contribution in [-0.2, 0) is 9.84 Å². The molecule has 0 saturated heterocycles. The number of aryl methyl sites for hydroxylation is 2. The average Bonchev–Trinajstić information content (AvgIpc) is 3.25. The summed E-state index contributed by atoms with van der Waals surface area (Å²) in [6.07, 6.45) is 0. The smallest absolute Gasteiger partial charge is 0.267 e. The van der Waals surface area contributed by atoms with Gasteiger partial charge in [-0.3, -0.25) is 9.20 Å². The van der Waals surface area contributed by atoms with E-state index < -0.39 is 9.84 Å². The van der Waals surface area contributed by atoms with Gasteiger partial charge in [0.25, 0.3) is 5.56 Å². The fraction of sp³-hybridized carbons (Fsp3) is 0.160. The van der Waals surface area contributed by atoms with E-state index in [1.54, 1.807) is 41.0 Å². The molecule has 0 aliphatic heterocycles. The third-order valence-corrected chi connectivity index (χ3v) is 8.61. The summed E-state index contributed by atoms with van der Waals surface area (Å²) >= 11 is 1.30. The Balaban J connectivity index is 1.61.